The smallest absolute Gasteiger partial charge is 0.216 e. The van der Waals surface area contributed by atoms with Gasteiger partial charge in [0.05, 0.1) is 0 Å². The van der Waals surface area contributed by atoms with Gasteiger partial charge in [0.2, 0.25) is 5.91 Å². The highest BCUT2D eigenvalue weighted by atomic mass is 16.7. The second kappa shape index (κ2) is 14.1. The molecular weight excluding hydrogens is 210 g/mol. The van der Waals surface area contributed by atoms with E-state index < -0.39 is 0 Å². The minimum Gasteiger partial charge on any atom is -0.356 e. The summed E-state index contributed by atoms with van der Waals surface area (Å²) in [7, 11) is 0. The van der Waals surface area contributed by atoms with Crippen LogP contribution in [0.25, 0.3) is 0 Å². The van der Waals surface area contributed by atoms with Gasteiger partial charge in [0.15, 0.2) is 6.29 Å². The van der Waals surface area contributed by atoms with Gasteiger partial charge in [-0.15, -0.1) is 0 Å². The third-order valence-electron chi connectivity index (χ3n) is 1.44. The number of aldehydes is 1. The summed E-state index contributed by atoms with van der Waals surface area (Å²) in [6, 6.07) is 0. The molecule has 0 unspecified atom stereocenters. The molecule has 0 fully saturated rings. The molecule has 0 aromatic heterocycles. The minimum atomic E-state index is -0.0909. The summed E-state index contributed by atoms with van der Waals surface area (Å²) in [5, 5.41) is 2.48. The van der Waals surface area contributed by atoms with Gasteiger partial charge >= 0.3 is 0 Å². The van der Waals surface area contributed by atoms with Crippen molar-refractivity contribution in [2.45, 2.75) is 40.4 Å². The number of ether oxygens (including phenoxy) is 2. The predicted molar refractivity (Wildman–Crippen MR) is 62.1 cm³/mol. The summed E-state index contributed by atoms with van der Waals surface area (Å²) in [4.78, 5) is 19.7. The molecule has 0 aliphatic heterocycles. The van der Waals surface area contributed by atoms with E-state index in [0.29, 0.717) is 13.0 Å². The average Bonchev–Trinajstić information content (AvgIpc) is 2.19. The average molecular weight is 233 g/mol. The van der Waals surface area contributed by atoms with E-state index in [1.54, 1.807) is 0 Å². The van der Waals surface area contributed by atoms with Gasteiger partial charge in [-0.3, -0.25) is 4.79 Å². The third-order valence-corrected chi connectivity index (χ3v) is 1.44. The van der Waals surface area contributed by atoms with Crippen LogP contribution in [0.2, 0.25) is 0 Å². The quantitative estimate of drug-likeness (QED) is 0.406. The maximum atomic E-state index is 10.1. The molecule has 0 heterocycles. The van der Waals surface area contributed by atoms with Gasteiger partial charge in [0.25, 0.3) is 0 Å². The van der Waals surface area contributed by atoms with Gasteiger partial charge in [0, 0.05) is 33.1 Å². The lowest BCUT2D eigenvalue weighted by Crippen LogP contribution is -2.20. The predicted octanol–water partition coefficient (Wildman–Crippen LogP) is 1.12. The van der Waals surface area contributed by atoms with E-state index in [1.807, 2.05) is 20.8 Å². The Bertz CT molecular complexity index is 167. The van der Waals surface area contributed by atoms with Crippen molar-refractivity contribution in [2.24, 2.45) is 0 Å². The topological polar surface area (TPSA) is 64.6 Å². The monoisotopic (exact) mass is 233 g/mol. The molecule has 0 rings (SSSR count). The number of carbonyl (C=O) groups is 2. The second-order valence-corrected chi connectivity index (χ2v) is 2.92. The number of amides is 1. The van der Waals surface area contributed by atoms with Crippen LogP contribution >= 0.6 is 0 Å². The summed E-state index contributed by atoms with van der Waals surface area (Å²) in [5.41, 5.74) is 0. The first-order chi connectivity index (χ1) is 7.58. The van der Waals surface area contributed by atoms with Crippen LogP contribution in [-0.4, -0.2) is 38.2 Å². The normalized spacial score (nSPS) is 9.31. The van der Waals surface area contributed by atoms with E-state index in [9.17, 15) is 9.59 Å². The molecule has 0 atom stereocenters. The Hall–Kier alpha value is -0.940. The second-order valence-electron chi connectivity index (χ2n) is 2.92. The van der Waals surface area contributed by atoms with Crippen molar-refractivity contribution in [3.8, 4) is 0 Å². The van der Waals surface area contributed by atoms with Crippen LogP contribution in [-0.2, 0) is 19.1 Å². The molecule has 5 nitrogen and oxygen atoms in total. The Labute approximate surface area is 97.5 Å². The first kappa shape index (κ1) is 17.5. The van der Waals surface area contributed by atoms with Crippen molar-refractivity contribution in [1.29, 1.82) is 0 Å². The van der Waals surface area contributed by atoms with Crippen LogP contribution < -0.4 is 5.32 Å². The molecule has 0 aliphatic rings. The van der Waals surface area contributed by atoms with Crippen molar-refractivity contribution in [3.63, 3.8) is 0 Å². The molecule has 0 saturated carbocycles. The molecule has 1 amide bonds. The fourth-order valence-electron chi connectivity index (χ4n) is 0.825. The summed E-state index contributed by atoms with van der Waals surface area (Å²) >= 11 is 0. The Balaban J connectivity index is 0. The number of carbonyl (C=O) groups excluding carboxylic acids is 2. The maximum Gasteiger partial charge on any atom is 0.216 e. The molecule has 0 saturated heterocycles. The zero-order chi connectivity index (χ0) is 12.8. The van der Waals surface area contributed by atoms with Gasteiger partial charge in [-0.2, -0.15) is 0 Å². The van der Waals surface area contributed by atoms with Crippen molar-refractivity contribution in [1.82, 2.24) is 5.32 Å². The fourth-order valence-corrected chi connectivity index (χ4v) is 0.825. The van der Waals surface area contributed by atoms with Crippen LogP contribution in [0.5, 0.6) is 0 Å². The molecule has 96 valence electrons. The number of rotatable bonds is 7. The lowest BCUT2D eigenvalue weighted by Gasteiger charge is -2.09. The summed E-state index contributed by atoms with van der Waals surface area (Å²) in [6.45, 7) is 9.13. The Morgan fingerprint density at radius 1 is 1.31 bits per heavy atom. The maximum absolute atomic E-state index is 10.1. The molecule has 0 bridgehead atoms. The highest BCUT2D eigenvalue weighted by Crippen LogP contribution is 1.90. The van der Waals surface area contributed by atoms with Gasteiger partial charge in [-0.25, -0.2) is 0 Å². The third kappa shape index (κ3) is 18.8. The molecule has 0 aromatic rings. The Morgan fingerprint density at radius 3 is 2.12 bits per heavy atom. The lowest BCUT2D eigenvalue weighted by molar-refractivity contribution is -0.123. The van der Waals surface area contributed by atoms with E-state index in [4.69, 9.17) is 9.47 Å². The zero-order valence-electron chi connectivity index (χ0n) is 10.6. The summed E-state index contributed by atoms with van der Waals surface area (Å²) < 4.78 is 10.1. The largest absolute Gasteiger partial charge is 0.356 e. The first-order valence-corrected chi connectivity index (χ1v) is 5.49. The van der Waals surface area contributed by atoms with Crippen LogP contribution in [0.15, 0.2) is 0 Å². The fraction of sp³-hybridized carbons (Fsp3) is 0.818. The SMILES string of the molecule is CC(=O)NCCC=O.CCOC(C)OCC. The molecular formula is C11H23NO4. The van der Waals surface area contributed by atoms with E-state index in [0.717, 1.165) is 19.5 Å². The van der Waals surface area contributed by atoms with Crippen LogP contribution in [0.3, 0.4) is 0 Å². The van der Waals surface area contributed by atoms with E-state index in [2.05, 4.69) is 5.32 Å². The van der Waals surface area contributed by atoms with Crippen LogP contribution in [0, 0.1) is 0 Å². The van der Waals surface area contributed by atoms with Crippen molar-refractivity contribution < 1.29 is 19.1 Å². The molecule has 5 heteroatoms. The highest BCUT2D eigenvalue weighted by molar-refractivity contribution is 5.73. The Morgan fingerprint density at radius 2 is 1.81 bits per heavy atom. The lowest BCUT2D eigenvalue weighted by atomic mass is 10.5. The molecule has 0 aliphatic carbocycles. The van der Waals surface area contributed by atoms with E-state index in [-0.39, 0.29) is 12.2 Å². The van der Waals surface area contributed by atoms with Gasteiger partial charge in [-0.1, -0.05) is 0 Å². The van der Waals surface area contributed by atoms with Crippen LogP contribution in [0.1, 0.15) is 34.1 Å². The van der Waals surface area contributed by atoms with E-state index >= 15 is 0 Å². The minimum absolute atomic E-state index is 0.0370. The first-order valence-electron chi connectivity index (χ1n) is 5.49. The van der Waals surface area contributed by atoms with Crippen molar-refractivity contribution in [3.05, 3.63) is 0 Å². The van der Waals surface area contributed by atoms with Gasteiger partial charge in [0.1, 0.15) is 6.29 Å². The molecule has 16 heavy (non-hydrogen) atoms. The number of hydrogen-bond donors (Lipinski definition) is 1. The standard InChI is InChI=1S/C6H14O2.C5H9NO2/c1-4-7-6(3)8-5-2;1-5(8)6-3-2-4-7/h6H,4-5H2,1-3H3;4H,2-3H2,1H3,(H,6,8). The molecule has 0 aromatic carbocycles. The Kier molecular flexibility index (Phi) is 15.3. The van der Waals surface area contributed by atoms with Crippen molar-refractivity contribution in [2.75, 3.05) is 19.8 Å². The number of nitrogens with one attached hydrogen (secondary N) is 1. The highest BCUT2D eigenvalue weighted by Gasteiger charge is 1.94. The molecule has 0 spiro atoms. The van der Waals surface area contributed by atoms with Gasteiger partial charge in [-0.05, 0) is 20.8 Å². The summed E-state index contributed by atoms with van der Waals surface area (Å²) in [6.07, 6.45) is 1.14. The molecule has 0 radical (unpaired) electrons. The van der Waals surface area contributed by atoms with Gasteiger partial charge < -0.3 is 19.6 Å². The van der Waals surface area contributed by atoms with Crippen molar-refractivity contribution >= 4 is 12.2 Å². The zero-order valence-corrected chi connectivity index (χ0v) is 10.6. The molecule has 1 N–H and O–H groups in total. The number of hydrogen-bond acceptors (Lipinski definition) is 4. The summed E-state index contributed by atoms with van der Waals surface area (Å²) in [5.74, 6) is -0.0909. The van der Waals surface area contributed by atoms with E-state index in [1.165, 1.54) is 6.92 Å². The van der Waals surface area contributed by atoms with Crippen LogP contribution in [0.4, 0.5) is 0 Å².